The largest absolute Gasteiger partial charge is 0.496 e. The summed E-state index contributed by atoms with van der Waals surface area (Å²) in [6.07, 6.45) is 3.05. The number of benzene rings is 1. The molecule has 1 aromatic rings. The van der Waals surface area contributed by atoms with Gasteiger partial charge in [0.1, 0.15) is 11.6 Å². The summed E-state index contributed by atoms with van der Waals surface area (Å²) in [5.41, 5.74) is 0.197. The highest BCUT2D eigenvalue weighted by molar-refractivity contribution is 5.96. The average molecular weight is 311 g/mol. The first-order valence-corrected chi connectivity index (χ1v) is 7.52. The van der Waals surface area contributed by atoms with Crippen LogP contribution >= 0.6 is 0 Å². The van der Waals surface area contributed by atoms with Crippen LogP contribution in [0.3, 0.4) is 0 Å². The molecule has 1 aromatic carbocycles. The first-order chi connectivity index (χ1) is 10.7. The Labute approximate surface area is 129 Å². The Bertz CT molecular complexity index is 489. The molecular formula is C16H22FNO4. The molecule has 1 fully saturated rings. The van der Waals surface area contributed by atoms with Crippen molar-refractivity contribution in [1.29, 1.82) is 0 Å². The molecule has 1 aliphatic heterocycles. The Morgan fingerprint density at radius 1 is 1.50 bits per heavy atom. The van der Waals surface area contributed by atoms with E-state index in [9.17, 15) is 9.18 Å². The Morgan fingerprint density at radius 2 is 2.36 bits per heavy atom. The number of methoxy groups -OCH3 is 1. The highest BCUT2D eigenvalue weighted by atomic mass is 19.1. The van der Waals surface area contributed by atoms with Crippen molar-refractivity contribution in [2.75, 3.05) is 33.5 Å². The number of nitrogens with one attached hydrogen (secondary N) is 1. The third kappa shape index (κ3) is 4.96. The van der Waals surface area contributed by atoms with E-state index >= 15 is 0 Å². The second kappa shape index (κ2) is 8.70. The minimum Gasteiger partial charge on any atom is -0.496 e. The maximum absolute atomic E-state index is 13.2. The van der Waals surface area contributed by atoms with Gasteiger partial charge in [-0.3, -0.25) is 4.79 Å². The molecule has 0 bridgehead atoms. The van der Waals surface area contributed by atoms with Crippen LogP contribution in [0.5, 0.6) is 5.75 Å². The van der Waals surface area contributed by atoms with Gasteiger partial charge in [-0.05, 0) is 37.5 Å². The van der Waals surface area contributed by atoms with E-state index in [0.29, 0.717) is 31.9 Å². The lowest BCUT2D eigenvalue weighted by atomic mass is 10.2. The van der Waals surface area contributed by atoms with Gasteiger partial charge in [0, 0.05) is 19.8 Å². The second-order valence-corrected chi connectivity index (χ2v) is 5.16. The van der Waals surface area contributed by atoms with Crippen LogP contribution in [0.4, 0.5) is 4.39 Å². The lowest BCUT2D eigenvalue weighted by molar-refractivity contribution is 0.0166. The van der Waals surface area contributed by atoms with Crippen LogP contribution in [0.15, 0.2) is 18.2 Å². The predicted molar refractivity (Wildman–Crippen MR) is 79.7 cm³/mol. The fourth-order valence-electron chi connectivity index (χ4n) is 2.32. The SMILES string of the molecule is COc1ccc(F)cc1C(=O)NCCCOCC1CCCO1. The Hall–Kier alpha value is -1.66. The molecule has 6 heteroatoms. The summed E-state index contributed by atoms with van der Waals surface area (Å²) in [5.74, 6) is -0.463. The van der Waals surface area contributed by atoms with Crippen molar-refractivity contribution in [2.24, 2.45) is 0 Å². The standard InChI is InChI=1S/C16H22FNO4/c1-20-15-6-5-12(17)10-14(15)16(19)18-7-3-8-21-11-13-4-2-9-22-13/h5-6,10,13H,2-4,7-9,11H2,1H3,(H,18,19). The molecule has 122 valence electrons. The number of hydrogen-bond acceptors (Lipinski definition) is 4. The van der Waals surface area contributed by atoms with Gasteiger partial charge in [-0.1, -0.05) is 0 Å². The number of halogens is 1. The molecule has 1 atom stereocenters. The van der Waals surface area contributed by atoms with E-state index in [0.717, 1.165) is 19.4 Å². The smallest absolute Gasteiger partial charge is 0.255 e. The maximum atomic E-state index is 13.2. The highest BCUT2D eigenvalue weighted by Crippen LogP contribution is 2.19. The number of hydrogen-bond donors (Lipinski definition) is 1. The summed E-state index contributed by atoms with van der Waals surface area (Å²) in [7, 11) is 1.45. The van der Waals surface area contributed by atoms with Crippen molar-refractivity contribution in [3.63, 3.8) is 0 Å². The van der Waals surface area contributed by atoms with Crippen molar-refractivity contribution in [2.45, 2.75) is 25.4 Å². The van der Waals surface area contributed by atoms with Crippen LogP contribution in [0, 0.1) is 5.82 Å². The van der Waals surface area contributed by atoms with E-state index in [1.54, 1.807) is 0 Å². The quantitative estimate of drug-likeness (QED) is 0.747. The van der Waals surface area contributed by atoms with Gasteiger partial charge in [-0.15, -0.1) is 0 Å². The van der Waals surface area contributed by atoms with Gasteiger partial charge < -0.3 is 19.5 Å². The molecule has 22 heavy (non-hydrogen) atoms. The van der Waals surface area contributed by atoms with Crippen molar-refractivity contribution < 1.29 is 23.4 Å². The van der Waals surface area contributed by atoms with Gasteiger partial charge in [0.05, 0.1) is 25.4 Å². The van der Waals surface area contributed by atoms with E-state index in [1.165, 1.54) is 25.3 Å². The van der Waals surface area contributed by atoms with Gasteiger partial charge in [0.15, 0.2) is 0 Å². The molecule has 5 nitrogen and oxygen atoms in total. The summed E-state index contributed by atoms with van der Waals surface area (Å²) in [5, 5.41) is 2.73. The molecule has 0 radical (unpaired) electrons. The minimum absolute atomic E-state index is 0.197. The molecule has 1 heterocycles. The maximum Gasteiger partial charge on any atom is 0.255 e. The van der Waals surface area contributed by atoms with E-state index in [1.807, 2.05) is 0 Å². The fourth-order valence-corrected chi connectivity index (χ4v) is 2.32. The number of amides is 1. The molecule has 2 rings (SSSR count). The first-order valence-electron chi connectivity index (χ1n) is 7.52. The first kappa shape index (κ1) is 16.7. The van der Waals surface area contributed by atoms with Crippen LogP contribution in [-0.4, -0.2) is 45.5 Å². The van der Waals surface area contributed by atoms with Crippen LogP contribution < -0.4 is 10.1 Å². The van der Waals surface area contributed by atoms with E-state index in [2.05, 4.69) is 5.32 Å². The van der Waals surface area contributed by atoms with E-state index in [4.69, 9.17) is 14.2 Å². The van der Waals surface area contributed by atoms with Gasteiger partial charge in [-0.2, -0.15) is 0 Å². The number of ether oxygens (including phenoxy) is 3. The summed E-state index contributed by atoms with van der Waals surface area (Å²) < 4.78 is 29.2. The van der Waals surface area contributed by atoms with E-state index in [-0.39, 0.29) is 17.6 Å². The Morgan fingerprint density at radius 3 is 3.09 bits per heavy atom. The normalized spacial score (nSPS) is 17.5. The second-order valence-electron chi connectivity index (χ2n) is 5.16. The van der Waals surface area contributed by atoms with Crippen LogP contribution in [0.25, 0.3) is 0 Å². The van der Waals surface area contributed by atoms with E-state index < -0.39 is 5.82 Å². The zero-order valence-corrected chi connectivity index (χ0v) is 12.8. The molecule has 1 unspecified atom stereocenters. The summed E-state index contributed by atoms with van der Waals surface area (Å²) in [6.45, 7) is 2.44. The number of carbonyl (C=O) groups is 1. The van der Waals surface area contributed by atoms with Gasteiger partial charge >= 0.3 is 0 Å². The average Bonchev–Trinajstić information content (AvgIpc) is 3.03. The molecule has 1 amide bonds. The third-order valence-electron chi connectivity index (χ3n) is 3.48. The van der Waals surface area contributed by atoms with Gasteiger partial charge in [0.2, 0.25) is 0 Å². The van der Waals surface area contributed by atoms with Gasteiger partial charge in [0.25, 0.3) is 5.91 Å². The topological polar surface area (TPSA) is 56.8 Å². The van der Waals surface area contributed by atoms with Crippen molar-refractivity contribution in [3.05, 3.63) is 29.6 Å². The minimum atomic E-state index is -0.467. The summed E-state index contributed by atoms with van der Waals surface area (Å²) in [6, 6.07) is 3.87. The molecule has 1 N–H and O–H groups in total. The lowest BCUT2D eigenvalue weighted by Gasteiger charge is -2.11. The van der Waals surface area contributed by atoms with Crippen LogP contribution in [-0.2, 0) is 9.47 Å². The van der Waals surface area contributed by atoms with Crippen molar-refractivity contribution in [1.82, 2.24) is 5.32 Å². The fraction of sp³-hybridized carbons (Fsp3) is 0.562. The monoisotopic (exact) mass is 311 g/mol. The number of rotatable bonds is 8. The zero-order valence-electron chi connectivity index (χ0n) is 12.8. The van der Waals surface area contributed by atoms with Crippen molar-refractivity contribution >= 4 is 5.91 Å². The Balaban J connectivity index is 1.66. The van der Waals surface area contributed by atoms with Crippen LogP contribution in [0.1, 0.15) is 29.6 Å². The lowest BCUT2D eigenvalue weighted by Crippen LogP contribution is -2.26. The third-order valence-corrected chi connectivity index (χ3v) is 3.48. The number of carbonyl (C=O) groups excluding carboxylic acids is 1. The van der Waals surface area contributed by atoms with Gasteiger partial charge in [-0.25, -0.2) is 4.39 Å². The molecule has 0 spiro atoms. The molecule has 0 aromatic heterocycles. The molecule has 0 aliphatic carbocycles. The van der Waals surface area contributed by atoms with Crippen LogP contribution in [0.2, 0.25) is 0 Å². The van der Waals surface area contributed by atoms with Crippen molar-refractivity contribution in [3.8, 4) is 5.75 Å². The predicted octanol–water partition coefficient (Wildman–Crippen LogP) is 2.15. The zero-order chi connectivity index (χ0) is 15.8. The Kier molecular flexibility index (Phi) is 6.61. The summed E-state index contributed by atoms with van der Waals surface area (Å²) in [4.78, 5) is 12.0. The molecule has 1 saturated heterocycles. The molecule has 0 saturated carbocycles. The molecular weight excluding hydrogens is 289 g/mol. The highest BCUT2D eigenvalue weighted by Gasteiger charge is 2.15. The summed E-state index contributed by atoms with van der Waals surface area (Å²) >= 11 is 0. The molecule has 1 aliphatic rings.